The number of nitrogens with zero attached hydrogens (tertiary/aromatic N) is 4. The molecule has 0 radical (unpaired) electrons. The van der Waals surface area contributed by atoms with Gasteiger partial charge in [-0.3, -0.25) is 9.78 Å². The van der Waals surface area contributed by atoms with Crippen LogP contribution in [0.4, 0.5) is 0 Å². The van der Waals surface area contributed by atoms with Gasteiger partial charge in [-0.15, -0.1) is 0 Å². The normalized spacial score (nSPS) is 18.2. The Morgan fingerprint density at radius 1 is 1.29 bits per heavy atom. The van der Waals surface area contributed by atoms with Gasteiger partial charge in [-0.05, 0) is 37.8 Å². The molecular weight excluding hydrogens is 360 g/mol. The quantitative estimate of drug-likeness (QED) is 0.672. The molecule has 0 aliphatic carbocycles. The second-order valence-corrected chi connectivity index (χ2v) is 7.52. The van der Waals surface area contributed by atoms with E-state index >= 15 is 0 Å². The van der Waals surface area contributed by atoms with Crippen LogP contribution in [0.15, 0.2) is 22.9 Å². The van der Waals surface area contributed by atoms with E-state index in [0.717, 1.165) is 38.4 Å². The molecule has 0 bridgehead atoms. The first kappa shape index (κ1) is 19.0. The third-order valence-electron chi connectivity index (χ3n) is 5.32. The number of pyridine rings is 1. The molecule has 0 spiro atoms. The Bertz CT molecular complexity index is 780. The largest absolute Gasteiger partial charge is 0.381 e. The second-order valence-electron chi connectivity index (χ2n) is 7.52. The number of ether oxygens (including phenoxy) is 2. The van der Waals surface area contributed by atoms with Crippen LogP contribution < -0.4 is 0 Å². The van der Waals surface area contributed by atoms with Crippen LogP contribution in [-0.2, 0) is 15.9 Å². The van der Waals surface area contributed by atoms with Crippen LogP contribution in [0.3, 0.4) is 0 Å². The fraction of sp³-hybridized carbons (Fsp3) is 0.600. The van der Waals surface area contributed by atoms with Crippen molar-refractivity contribution in [1.29, 1.82) is 0 Å². The van der Waals surface area contributed by atoms with Gasteiger partial charge in [0.2, 0.25) is 5.89 Å². The highest BCUT2D eigenvalue weighted by molar-refractivity contribution is 5.94. The monoisotopic (exact) mass is 386 g/mol. The van der Waals surface area contributed by atoms with E-state index in [1.54, 1.807) is 11.1 Å². The van der Waals surface area contributed by atoms with Crippen molar-refractivity contribution in [1.82, 2.24) is 20.0 Å². The molecule has 0 aromatic carbocycles. The molecule has 4 heterocycles. The van der Waals surface area contributed by atoms with Crippen molar-refractivity contribution in [2.45, 2.75) is 32.1 Å². The number of amides is 1. The Balaban J connectivity index is 1.19. The zero-order chi connectivity index (χ0) is 19.3. The fourth-order valence-corrected chi connectivity index (χ4v) is 3.44. The Kier molecular flexibility index (Phi) is 5.97. The van der Waals surface area contributed by atoms with Gasteiger partial charge in [0, 0.05) is 51.2 Å². The number of rotatable bonds is 7. The van der Waals surface area contributed by atoms with Gasteiger partial charge in [-0.25, -0.2) is 0 Å². The van der Waals surface area contributed by atoms with E-state index in [2.05, 4.69) is 15.1 Å². The molecule has 2 saturated heterocycles. The molecule has 0 saturated carbocycles. The van der Waals surface area contributed by atoms with E-state index in [-0.39, 0.29) is 11.8 Å². The summed E-state index contributed by atoms with van der Waals surface area (Å²) < 4.78 is 16.5. The van der Waals surface area contributed by atoms with E-state index < -0.39 is 0 Å². The molecule has 2 aromatic rings. The smallest absolute Gasteiger partial charge is 0.255 e. The standard InChI is InChI=1S/C20H26N4O4/c1-14-2-3-16(10-21-14)20(25)24-11-17(12-24)19-22-18(23-28-19)6-9-27-13-15-4-7-26-8-5-15/h2-3,10,15,17H,4-9,11-13H2,1H3. The molecule has 150 valence electrons. The first-order valence-electron chi connectivity index (χ1n) is 9.89. The average Bonchev–Trinajstić information content (AvgIpc) is 3.14. The Morgan fingerprint density at radius 2 is 2.11 bits per heavy atom. The summed E-state index contributed by atoms with van der Waals surface area (Å²) in [5, 5.41) is 4.04. The average molecular weight is 386 g/mol. The summed E-state index contributed by atoms with van der Waals surface area (Å²) in [6.07, 6.45) is 4.40. The summed E-state index contributed by atoms with van der Waals surface area (Å²) in [6, 6.07) is 3.65. The summed E-state index contributed by atoms with van der Waals surface area (Å²) >= 11 is 0. The Labute approximate surface area is 164 Å². The third kappa shape index (κ3) is 4.56. The first-order chi connectivity index (χ1) is 13.7. The molecule has 2 aliphatic rings. The van der Waals surface area contributed by atoms with Gasteiger partial charge < -0.3 is 18.9 Å². The van der Waals surface area contributed by atoms with Crippen molar-refractivity contribution in [3.63, 3.8) is 0 Å². The highest BCUT2D eigenvalue weighted by atomic mass is 16.5. The van der Waals surface area contributed by atoms with Gasteiger partial charge in [-0.2, -0.15) is 4.98 Å². The summed E-state index contributed by atoms with van der Waals surface area (Å²) in [5.74, 6) is 1.95. The molecule has 0 unspecified atom stereocenters. The van der Waals surface area contributed by atoms with Crippen molar-refractivity contribution < 1.29 is 18.8 Å². The van der Waals surface area contributed by atoms with E-state index in [1.165, 1.54) is 0 Å². The van der Waals surface area contributed by atoms with E-state index in [9.17, 15) is 4.79 Å². The van der Waals surface area contributed by atoms with Crippen molar-refractivity contribution in [3.05, 3.63) is 41.3 Å². The number of hydrogen-bond acceptors (Lipinski definition) is 7. The summed E-state index contributed by atoms with van der Waals surface area (Å²) in [7, 11) is 0. The molecule has 0 atom stereocenters. The minimum atomic E-state index is -0.00926. The molecule has 28 heavy (non-hydrogen) atoms. The maximum absolute atomic E-state index is 12.4. The molecule has 2 aliphatic heterocycles. The zero-order valence-corrected chi connectivity index (χ0v) is 16.2. The number of aromatic nitrogens is 3. The van der Waals surface area contributed by atoms with Gasteiger partial charge in [0.1, 0.15) is 0 Å². The van der Waals surface area contributed by atoms with Gasteiger partial charge in [-0.1, -0.05) is 5.16 Å². The van der Waals surface area contributed by atoms with E-state index in [1.807, 2.05) is 19.1 Å². The SMILES string of the molecule is Cc1ccc(C(=O)N2CC(c3nc(CCOCC4CCOCC4)no3)C2)cn1. The van der Waals surface area contributed by atoms with Gasteiger partial charge in [0.25, 0.3) is 5.91 Å². The molecular formula is C20H26N4O4. The van der Waals surface area contributed by atoms with Crippen molar-refractivity contribution in [2.24, 2.45) is 5.92 Å². The van der Waals surface area contributed by atoms with Crippen LogP contribution in [0.25, 0.3) is 0 Å². The number of hydrogen-bond donors (Lipinski definition) is 0. The molecule has 2 fully saturated rings. The first-order valence-corrected chi connectivity index (χ1v) is 9.89. The predicted molar refractivity (Wildman–Crippen MR) is 100.0 cm³/mol. The lowest BCUT2D eigenvalue weighted by atomic mass is 9.99. The van der Waals surface area contributed by atoms with Gasteiger partial charge >= 0.3 is 0 Å². The minimum absolute atomic E-state index is 0.00926. The fourth-order valence-electron chi connectivity index (χ4n) is 3.44. The topological polar surface area (TPSA) is 90.6 Å². The van der Waals surface area contributed by atoms with Crippen LogP contribution in [0, 0.1) is 12.8 Å². The Hall–Kier alpha value is -2.32. The van der Waals surface area contributed by atoms with E-state index in [0.29, 0.717) is 49.3 Å². The second kappa shape index (κ2) is 8.79. The lowest BCUT2D eigenvalue weighted by Crippen LogP contribution is -2.48. The minimum Gasteiger partial charge on any atom is -0.381 e. The molecule has 2 aromatic heterocycles. The van der Waals surface area contributed by atoms with Crippen LogP contribution in [0.5, 0.6) is 0 Å². The van der Waals surface area contributed by atoms with Crippen LogP contribution in [0.1, 0.15) is 46.5 Å². The van der Waals surface area contributed by atoms with Gasteiger partial charge in [0.15, 0.2) is 5.82 Å². The maximum atomic E-state index is 12.4. The number of likely N-dealkylation sites (tertiary alicyclic amines) is 1. The number of carbonyl (C=O) groups is 1. The van der Waals surface area contributed by atoms with Gasteiger partial charge in [0.05, 0.1) is 18.1 Å². The zero-order valence-electron chi connectivity index (χ0n) is 16.2. The highest BCUT2D eigenvalue weighted by Gasteiger charge is 2.36. The molecule has 8 heteroatoms. The lowest BCUT2D eigenvalue weighted by molar-refractivity contribution is 0.0211. The molecule has 4 rings (SSSR count). The molecule has 8 nitrogen and oxygen atoms in total. The summed E-state index contributed by atoms with van der Waals surface area (Å²) in [6.45, 7) is 6.11. The summed E-state index contributed by atoms with van der Waals surface area (Å²) in [4.78, 5) is 22.8. The summed E-state index contributed by atoms with van der Waals surface area (Å²) in [5.41, 5.74) is 1.50. The predicted octanol–water partition coefficient (Wildman–Crippen LogP) is 2.00. The van der Waals surface area contributed by atoms with E-state index in [4.69, 9.17) is 14.0 Å². The van der Waals surface area contributed by atoms with Crippen molar-refractivity contribution in [3.8, 4) is 0 Å². The third-order valence-corrected chi connectivity index (χ3v) is 5.32. The number of aryl methyl sites for hydroxylation is 1. The maximum Gasteiger partial charge on any atom is 0.255 e. The van der Waals surface area contributed by atoms with Crippen LogP contribution in [0.2, 0.25) is 0 Å². The van der Waals surface area contributed by atoms with Crippen molar-refractivity contribution in [2.75, 3.05) is 39.5 Å². The van der Waals surface area contributed by atoms with Crippen molar-refractivity contribution >= 4 is 5.91 Å². The van der Waals surface area contributed by atoms with Crippen LogP contribution in [-0.4, -0.2) is 65.4 Å². The lowest BCUT2D eigenvalue weighted by Gasteiger charge is -2.37. The molecule has 1 amide bonds. The highest BCUT2D eigenvalue weighted by Crippen LogP contribution is 2.27. The molecule has 0 N–H and O–H groups in total. The van der Waals surface area contributed by atoms with Crippen LogP contribution >= 0.6 is 0 Å². The Morgan fingerprint density at radius 3 is 2.86 bits per heavy atom. The number of carbonyl (C=O) groups excluding carboxylic acids is 1.